The second-order valence-corrected chi connectivity index (χ2v) is 6.08. The molecular weight excluding hydrogens is 188 g/mol. The van der Waals surface area contributed by atoms with E-state index in [1.807, 2.05) is 0 Å². The van der Waals surface area contributed by atoms with Gasteiger partial charge < -0.3 is 0 Å². The van der Waals surface area contributed by atoms with Crippen molar-refractivity contribution in [1.29, 1.82) is 0 Å². The normalized spacial score (nSPS) is 22.0. The molecule has 1 saturated heterocycles. The zero-order chi connectivity index (χ0) is 11.7. The fourth-order valence-corrected chi connectivity index (χ4v) is 2.70. The molecule has 0 spiro atoms. The van der Waals surface area contributed by atoms with E-state index < -0.39 is 0 Å². The molecule has 0 atom stereocenters. The van der Waals surface area contributed by atoms with Crippen molar-refractivity contribution >= 4 is 0 Å². The molecule has 0 aromatic heterocycles. The summed E-state index contributed by atoms with van der Waals surface area (Å²) >= 11 is 0. The molecule has 1 aliphatic heterocycles. The van der Waals surface area contributed by atoms with Gasteiger partial charge in [0.05, 0.1) is 13.2 Å². The van der Waals surface area contributed by atoms with E-state index >= 15 is 0 Å². The van der Waals surface area contributed by atoms with Gasteiger partial charge in [0.2, 0.25) is 0 Å². The van der Waals surface area contributed by atoms with Crippen LogP contribution in [0, 0.1) is 16.2 Å². The van der Waals surface area contributed by atoms with Crippen molar-refractivity contribution in [1.82, 2.24) is 0 Å². The minimum atomic E-state index is 0.142. The Hall–Kier alpha value is -0.0800. The molecule has 2 nitrogen and oxygen atoms in total. The minimum absolute atomic E-state index is 0.142. The van der Waals surface area contributed by atoms with E-state index in [-0.39, 0.29) is 16.2 Å². The molecule has 90 valence electrons. The van der Waals surface area contributed by atoms with E-state index in [4.69, 9.17) is 9.78 Å². The molecule has 1 fully saturated rings. The molecule has 1 aliphatic rings. The Morgan fingerprint density at radius 1 is 0.867 bits per heavy atom. The number of rotatable bonds is 4. The van der Waals surface area contributed by atoms with E-state index in [0.29, 0.717) is 0 Å². The van der Waals surface area contributed by atoms with Crippen LogP contribution in [0.4, 0.5) is 0 Å². The standard InChI is InChI=1S/C13H26O2/c1-7-11(3,4)13(9-14-15-10-13)12(5,6)8-2/h7-10H2,1-6H3. The lowest BCUT2D eigenvalue weighted by molar-refractivity contribution is -0.248. The Labute approximate surface area is 94.3 Å². The quantitative estimate of drug-likeness (QED) is 0.663. The largest absolute Gasteiger partial charge is 0.236 e. The second-order valence-electron chi connectivity index (χ2n) is 6.08. The highest BCUT2D eigenvalue weighted by Crippen LogP contribution is 2.57. The topological polar surface area (TPSA) is 18.5 Å². The summed E-state index contributed by atoms with van der Waals surface area (Å²) in [5.74, 6) is 0. The van der Waals surface area contributed by atoms with E-state index in [1.165, 1.54) is 0 Å². The summed E-state index contributed by atoms with van der Waals surface area (Å²) < 4.78 is 0. The highest BCUT2D eigenvalue weighted by molar-refractivity contribution is 5.02. The van der Waals surface area contributed by atoms with Gasteiger partial charge in [-0.2, -0.15) is 0 Å². The number of hydrogen-bond acceptors (Lipinski definition) is 2. The fourth-order valence-electron chi connectivity index (χ4n) is 2.70. The van der Waals surface area contributed by atoms with Crippen LogP contribution in [0.15, 0.2) is 0 Å². The summed E-state index contributed by atoms with van der Waals surface area (Å²) in [4.78, 5) is 10.5. The maximum atomic E-state index is 5.24. The molecule has 1 heterocycles. The van der Waals surface area contributed by atoms with Crippen molar-refractivity contribution in [2.24, 2.45) is 16.2 Å². The van der Waals surface area contributed by atoms with Crippen molar-refractivity contribution in [3.05, 3.63) is 0 Å². The molecule has 0 bridgehead atoms. The Balaban J connectivity index is 3.09. The van der Waals surface area contributed by atoms with Gasteiger partial charge in [-0.05, 0) is 10.8 Å². The lowest BCUT2D eigenvalue weighted by Crippen LogP contribution is -2.51. The molecule has 0 aliphatic carbocycles. The van der Waals surface area contributed by atoms with Gasteiger partial charge in [0.15, 0.2) is 0 Å². The van der Waals surface area contributed by atoms with E-state index in [2.05, 4.69) is 41.5 Å². The maximum absolute atomic E-state index is 5.24. The van der Waals surface area contributed by atoms with E-state index in [9.17, 15) is 0 Å². The molecule has 0 aromatic rings. The lowest BCUT2D eigenvalue weighted by Gasteiger charge is -2.51. The van der Waals surface area contributed by atoms with Crippen LogP contribution >= 0.6 is 0 Å². The van der Waals surface area contributed by atoms with Gasteiger partial charge in [0, 0.05) is 5.41 Å². The van der Waals surface area contributed by atoms with Gasteiger partial charge in [0.25, 0.3) is 0 Å². The Bertz CT molecular complexity index is 195. The third kappa shape index (κ3) is 1.83. The van der Waals surface area contributed by atoms with Crippen LogP contribution in [0.1, 0.15) is 54.4 Å². The third-order valence-corrected chi connectivity index (χ3v) is 5.05. The first kappa shape index (κ1) is 13.0. The van der Waals surface area contributed by atoms with Crippen LogP contribution in [0.3, 0.4) is 0 Å². The number of hydrogen-bond donors (Lipinski definition) is 0. The maximum Gasteiger partial charge on any atom is 0.0912 e. The van der Waals surface area contributed by atoms with Gasteiger partial charge in [-0.3, -0.25) is 0 Å². The first-order chi connectivity index (χ1) is 6.83. The van der Waals surface area contributed by atoms with Crippen LogP contribution in [-0.4, -0.2) is 13.2 Å². The summed E-state index contributed by atoms with van der Waals surface area (Å²) in [6.07, 6.45) is 2.31. The summed E-state index contributed by atoms with van der Waals surface area (Å²) in [6.45, 7) is 15.3. The summed E-state index contributed by atoms with van der Waals surface area (Å²) in [5, 5.41) is 0. The van der Waals surface area contributed by atoms with Crippen LogP contribution in [0.2, 0.25) is 0 Å². The Morgan fingerprint density at radius 2 is 1.20 bits per heavy atom. The third-order valence-electron chi connectivity index (χ3n) is 5.05. The highest BCUT2D eigenvalue weighted by atomic mass is 17.2. The van der Waals surface area contributed by atoms with Crippen molar-refractivity contribution < 1.29 is 9.78 Å². The SMILES string of the molecule is CCC(C)(C)C1(C(C)(C)CC)COOC1. The van der Waals surface area contributed by atoms with E-state index in [0.717, 1.165) is 26.1 Å². The molecule has 15 heavy (non-hydrogen) atoms. The molecule has 2 heteroatoms. The lowest BCUT2D eigenvalue weighted by atomic mass is 9.52. The van der Waals surface area contributed by atoms with Gasteiger partial charge in [0.1, 0.15) is 0 Å². The first-order valence-electron chi connectivity index (χ1n) is 6.07. The molecule has 0 N–H and O–H groups in total. The zero-order valence-electron chi connectivity index (χ0n) is 11.1. The van der Waals surface area contributed by atoms with Crippen LogP contribution in [-0.2, 0) is 9.78 Å². The van der Waals surface area contributed by atoms with Crippen molar-refractivity contribution in [3.8, 4) is 0 Å². The summed E-state index contributed by atoms with van der Waals surface area (Å²) in [5.41, 5.74) is 0.648. The predicted octanol–water partition coefficient (Wildman–Crippen LogP) is 3.81. The molecule has 0 unspecified atom stereocenters. The smallest absolute Gasteiger partial charge is 0.0912 e. The highest BCUT2D eigenvalue weighted by Gasteiger charge is 2.56. The molecule has 0 aromatic carbocycles. The average Bonchev–Trinajstić information content (AvgIpc) is 2.68. The summed E-state index contributed by atoms with van der Waals surface area (Å²) in [7, 11) is 0. The molecule has 1 rings (SSSR count). The first-order valence-corrected chi connectivity index (χ1v) is 6.07. The Morgan fingerprint density at radius 3 is 1.47 bits per heavy atom. The van der Waals surface area contributed by atoms with Crippen molar-refractivity contribution in [3.63, 3.8) is 0 Å². The Kier molecular flexibility index (Phi) is 3.52. The van der Waals surface area contributed by atoms with Crippen LogP contribution in [0.25, 0.3) is 0 Å². The average molecular weight is 214 g/mol. The second kappa shape index (κ2) is 4.06. The monoisotopic (exact) mass is 214 g/mol. The van der Waals surface area contributed by atoms with Gasteiger partial charge in [-0.25, -0.2) is 9.78 Å². The predicted molar refractivity (Wildman–Crippen MR) is 62.5 cm³/mol. The fraction of sp³-hybridized carbons (Fsp3) is 1.00. The van der Waals surface area contributed by atoms with Gasteiger partial charge in [-0.15, -0.1) is 0 Å². The molecular formula is C13H26O2. The van der Waals surface area contributed by atoms with Crippen molar-refractivity contribution in [2.75, 3.05) is 13.2 Å². The van der Waals surface area contributed by atoms with Crippen LogP contribution in [0.5, 0.6) is 0 Å². The summed E-state index contributed by atoms with van der Waals surface area (Å²) in [6, 6.07) is 0. The van der Waals surface area contributed by atoms with Gasteiger partial charge in [-0.1, -0.05) is 54.4 Å². The molecule has 0 amide bonds. The van der Waals surface area contributed by atoms with Crippen LogP contribution < -0.4 is 0 Å². The molecule has 0 saturated carbocycles. The zero-order valence-corrected chi connectivity index (χ0v) is 11.1. The minimum Gasteiger partial charge on any atom is -0.236 e. The van der Waals surface area contributed by atoms with Gasteiger partial charge >= 0.3 is 0 Å². The van der Waals surface area contributed by atoms with E-state index in [1.54, 1.807) is 0 Å². The van der Waals surface area contributed by atoms with Crippen molar-refractivity contribution in [2.45, 2.75) is 54.4 Å². The molecule has 0 radical (unpaired) electrons.